The van der Waals surface area contributed by atoms with E-state index in [1.165, 1.54) is 16.8 Å². The Labute approximate surface area is 195 Å². The highest BCUT2D eigenvalue weighted by Crippen LogP contribution is 2.22. The second kappa shape index (κ2) is 13.6. The third-order valence-electron chi connectivity index (χ3n) is 5.17. The van der Waals surface area contributed by atoms with E-state index in [2.05, 4.69) is 27.6 Å². The molecule has 11 heteroatoms. The summed E-state index contributed by atoms with van der Waals surface area (Å²) in [6, 6.07) is 3.67. The quantitative estimate of drug-likeness (QED) is 0.311. The number of hydrazine groups is 1. The summed E-state index contributed by atoms with van der Waals surface area (Å²) in [7, 11) is 1.68. The molecule has 184 valence electrons. The Morgan fingerprint density at radius 3 is 2.76 bits per heavy atom. The van der Waals surface area contributed by atoms with Crippen molar-refractivity contribution in [1.29, 1.82) is 0 Å². The van der Waals surface area contributed by atoms with Gasteiger partial charge in [-0.15, -0.1) is 0 Å². The molecule has 0 radical (unpaired) electrons. The summed E-state index contributed by atoms with van der Waals surface area (Å²) >= 11 is 0. The molecule has 0 saturated carbocycles. The van der Waals surface area contributed by atoms with E-state index in [1.807, 2.05) is 19.1 Å². The van der Waals surface area contributed by atoms with Gasteiger partial charge in [-0.3, -0.25) is 19.5 Å². The number of carbonyl (C=O) groups is 3. The number of anilines is 2. The van der Waals surface area contributed by atoms with Crippen LogP contribution in [0.4, 0.5) is 16.3 Å². The van der Waals surface area contributed by atoms with Crippen LogP contribution in [0, 0.1) is 0 Å². The lowest BCUT2D eigenvalue weighted by molar-refractivity contribution is -0.137. The van der Waals surface area contributed by atoms with Crippen molar-refractivity contribution in [3.05, 3.63) is 18.3 Å². The van der Waals surface area contributed by atoms with E-state index >= 15 is 0 Å². The van der Waals surface area contributed by atoms with Crippen LogP contribution in [0.3, 0.4) is 0 Å². The molecule has 0 bridgehead atoms. The molecule has 2 rings (SSSR count). The Morgan fingerprint density at radius 1 is 1.33 bits per heavy atom. The lowest BCUT2D eigenvalue weighted by Gasteiger charge is -2.25. The molecule has 0 aliphatic carbocycles. The molecule has 1 atom stereocenters. The molecule has 3 amide bonds. The van der Waals surface area contributed by atoms with Gasteiger partial charge < -0.3 is 19.7 Å². The zero-order valence-electron chi connectivity index (χ0n) is 20.0. The molecule has 33 heavy (non-hydrogen) atoms. The SMILES string of the molecule is CCCCOCC(=O)N(C)NCCN(CC)c1ccc(N2C[C@H](CNC(C)=O)OC2=O)cn1. The second-order valence-electron chi connectivity index (χ2n) is 7.77. The van der Waals surface area contributed by atoms with Crippen LogP contribution >= 0.6 is 0 Å². The number of ether oxygens (including phenoxy) is 2. The molecule has 1 saturated heterocycles. The minimum absolute atomic E-state index is 0.0641. The van der Waals surface area contributed by atoms with E-state index in [-0.39, 0.29) is 25.0 Å². The molecule has 0 aromatic carbocycles. The van der Waals surface area contributed by atoms with Gasteiger partial charge in [-0.1, -0.05) is 13.3 Å². The maximum Gasteiger partial charge on any atom is 0.414 e. The van der Waals surface area contributed by atoms with Gasteiger partial charge in [0.2, 0.25) is 5.91 Å². The van der Waals surface area contributed by atoms with E-state index in [4.69, 9.17) is 9.47 Å². The highest BCUT2D eigenvalue weighted by molar-refractivity contribution is 5.89. The van der Waals surface area contributed by atoms with Crippen molar-refractivity contribution in [2.45, 2.75) is 39.7 Å². The van der Waals surface area contributed by atoms with Gasteiger partial charge in [0.1, 0.15) is 18.5 Å². The third-order valence-corrected chi connectivity index (χ3v) is 5.17. The number of pyridine rings is 1. The lowest BCUT2D eigenvalue weighted by atomic mass is 10.3. The van der Waals surface area contributed by atoms with Crippen LogP contribution < -0.4 is 20.5 Å². The number of nitrogens with one attached hydrogen (secondary N) is 2. The van der Waals surface area contributed by atoms with Crippen molar-refractivity contribution in [1.82, 2.24) is 20.7 Å². The molecular formula is C22H36N6O5. The van der Waals surface area contributed by atoms with E-state index in [0.717, 1.165) is 25.2 Å². The molecule has 1 aliphatic heterocycles. The highest BCUT2D eigenvalue weighted by atomic mass is 16.6. The Balaban J connectivity index is 1.81. The topological polar surface area (TPSA) is 116 Å². The van der Waals surface area contributed by atoms with Crippen molar-refractivity contribution in [2.75, 3.05) is 62.8 Å². The number of aromatic nitrogens is 1. The largest absolute Gasteiger partial charge is 0.442 e. The number of hydrogen-bond donors (Lipinski definition) is 2. The average Bonchev–Trinajstić information content (AvgIpc) is 3.18. The van der Waals surface area contributed by atoms with Gasteiger partial charge in [0.05, 0.1) is 25.0 Å². The predicted octanol–water partition coefficient (Wildman–Crippen LogP) is 1.15. The number of unbranched alkanes of at least 4 members (excludes halogenated alkanes) is 1. The predicted molar refractivity (Wildman–Crippen MR) is 125 cm³/mol. The summed E-state index contributed by atoms with van der Waals surface area (Å²) in [5, 5.41) is 4.11. The summed E-state index contributed by atoms with van der Waals surface area (Å²) in [5.74, 6) is 0.480. The first kappa shape index (κ1) is 26.3. The molecule has 0 unspecified atom stereocenters. The van der Waals surface area contributed by atoms with Gasteiger partial charge in [-0.05, 0) is 25.5 Å². The molecule has 2 heterocycles. The van der Waals surface area contributed by atoms with Gasteiger partial charge in [-0.2, -0.15) is 0 Å². The molecule has 1 aromatic rings. The van der Waals surface area contributed by atoms with Crippen molar-refractivity contribution in [3.8, 4) is 0 Å². The fourth-order valence-electron chi connectivity index (χ4n) is 3.20. The van der Waals surface area contributed by atoms with Crippen LogP contribution in [0.1, 0.15) is 33.6 Å². The minimum atomic E-state index is -0.456. The van der Waals surface area contributed by atoms with Crippen LogP contribution in [0.25, 0.3) is 0 Å². The lowest BCUT2D eigenvalue weighted by Crippen LogP contribution is -2.45. The van der Waals surface area contributed by atoms with Gasteiger partial charge in [0, 0.05) is 40.2 Å². The minimum Gasteiger partial charge on any atom is -0.442 e. The van der Waals surface area contributed by atoms with E-state index < -0.39 is 12.2 Å². The number of cyclic esters (lactones) is 1. The zero-order chi connectivity index (χ0) is 24.2. The first-order chi connectivity index (χ1) is 15.8. The molecule has 1 aliphatic rings. The molecular weight excluding hydrogens is 428 g/mol. The number of likely N-dealkylation sites (N-methyl/N-ethyl adjacent to an activating group) is 2. The Hall–Kier alpha value is -2.92. The van der Waals surface area contributed by atoms with Gasteiger partial charge in [0.25, 0.3) is 5.91 Å². The van der Waals surface area contributed by atoms with Crippen LogP contribution in [-0.2, 0) is 19.1 Å². The number of rotatable bonds is 14. The molecule has 2 N–H and O–H groups in total. The summed E-state index contributed by atoms with van der Waals surface area (Å²) in [4.78, 5) is 43.4. The summed E-state index contributed by atoms with van der Waals surface area (Å²) in [5.41, 5.74) is 3.72. The first-order valence-corrected chi connectivity index (χ1v) is 11.4. The smallest absolute Gasteiger partial charge is 0.414 e. The van der Waals surface area contributed by atoms with Crippen LogP contribution in [-0.4, -0.2) is 87.0 Å². The highest BCUT2D eigenvalue weighted by Gasteiger charge is 2.32. The second-order valence-corrected chi connectivity index (χ2v) is 7.77. The van der Waals surface area contributed by atoms with Gasteiger partial charge in [0.15, 0.2) is 0 Å². The van der Waals surface area contributed by atoms with Gasteiger partial charge in [-0.25, -0.2) is 15.2 Å². The number of amides is 3. The van der Waals surface area contributed by atoms with Crippen LogP contribution in [0.2, 0.25) is 0 Å². The standard InChI is InChI=1S/C22H36N6O5/c1-5-7-12-32-16-21(30)26(4)25-10-11-27(6-2)20-9-8-18(13-24-20)28-15-19(33-22(28)31)14-23-17(3)29/h8-9,13,19,25H,5-7,10-12,14-16H2,1-4H3,(H,23,29)/t19-/m0/s1. The Bertz CT molecular complexity index is 775. The van der Waals surface area contributed by atoms with Crippen molar-refractivity contribution in [3.63, 3.8) is 0 Å². The molecule has 11 nitrogen and oxygen atoms in total. The first-order valence-electron chi connectivity index (χ1n) is 11.4. The van der Waals surface area contributed by atoms with Crippen molar-refractivity contribution in [2.24, 2.45) is 0 Å². The Morgan fingerprint density at radius 2 is 2.12 bits per heavy atom. The maximum atomic E-state index is 12.2. The summed E-state index contributed by atoms with van der Waals surface area (Å²) < 4.78 is 10.7. The fraction of sp³-hybridized carbons (Fsp3) is 0.636. The van der Waals surface area contributed by atoms with E-state index in [9.17, 15) is 14.4 Å². The zero-order valence-corrected chi connectivity index (χ0v) is 20.0. The summed E-state index contributed by atoms with van der Waals surface area (Å²) in [6.45, 7) is 8.73. The maximum absolute atomic E-state index is 12.2. The van der Waals surface area contributed by atoms with E-state index in [1.54, 1.807) is 13.2 Å². The summed E-state index contributed by atoms with van der Waals surface area (Å²) in [6.07, 6.45) is 2.76. The molecule has 1 fully saturated rings. The Kier molecular flexibility index (Phi) is 10.8. The third kappa shape index (κ3) is 8.50. The van der Waals surface area contributed by atoms with Crippen molar-refractivity contribution >= 4 is 29.4 Å². The molecule has 0 spiro atoms. The normalized spacial score (nSPS) is 15.3. The monoisotopic (exact) mass is 464 g/mol. The number of nitrogens with zero attached hydrogens (tertiary/aromatic N) is 4. The van der Waals surface area contributed by atoms with Crippen LogP contribution in [0.5, 0.6) is 0 Å². The molecule has 1 aromatic heterocycles. The number of hydrogen-bond acceptors (Lipinski definition) is 8. The van der Waals surface area contributed by atoms with E-state index in [0.29, 0.717) is 31.9 Å². The average molecular weight is 465 g/mol. The van der Waals surface area contributed by atoms with Crippen LogP contribution in [0.15, 0.2) is 18.3 Å². The fourth-order valence-corrected chi connectivity index (χ4v) is 3.20. The number of carbonyl (C=O) groups excluding carboxylic acids is 3. The van der Waals surface area contributed by atoms with Gasteiger partial charge >= 0.3 is 6.09 Å². The van der Waals surface area contributed by atoms with Crippen molar-refractivity contribution < 1.29 is 23.9 Å².